The molecule has 1 amide bonds. The van der Waals surface area contributed by atoms with Crippen LogP contribution in [0.3, 0.4) is 0 Å². The highest BCUT2D eigenvalue weighted by molar-refractivity contribution is 9.10. The molecule has 6 heteroatoms. The first-order valence-corrected chi connectivity index (χ1v) is 10.9. The van der Waals surface area contributed by atoms with Gasteiger partial charge in [0.2, 0.25) is 0 Å². The topological polar surface area (TPSA) is 50.8 Å². The third-order valence-electron chi connectivity index (χ3n) is 5.30. The number of carbonyl (C=O) groups excluding carboxylic acids is 1. The predicted octanol–water partition coefficient (Wildman–Crippen LogP) is 4.57. The van der Waals surface area contributed by atoms with E-state index >= 15 is 0 Å². The van der Waals surface area contributed by atoms with Gasteiger partial charge in [-0.25, -0.2) is 0 Å². The highest BCUT2D eigenvalue weighted by atomic mass is 79.9. The molecule has 1 aliphatic rings. The normalized spacial score (nSPS) is 16.7. The maximum Gasteiger partial charge on any atom is 0.260 e. The number of carbonyl (C=O) groups is 1. The molecule has 2 aromatic carbocycles. The first kappa shape index (κ1) is 21.7. The van der Waals surface area contributed by atoms with Crippen molar-refractivity contribution in [3.05, 3.63) is 58.6 Å². The molecule has 1 N–H and O–H groups in total. The van der Waals surface area contributed by atoms with Crippen molar-refractivity contribution < 1.29 is 14.3 Å². The predicted molar refractivity (Wildman–Crippen MR) is 118 cm³/mol. The molecule has 0 unspecified atom stereocenters. The second-order valence-corrected chi connectivity index (χ2v) is 8.26. The number of methoxy groups -OCH3 is 1. The van der Waals surface area contributed by atoms with Crippen LogP contribution >= 0.6 is 15.9 Å². The number of halogens is 1. The fourth-order valence-electron chi connectivity index (χ4n) is 3.63. The van der Waals surface area contributed by atoms with Gasteiger partial charge in [0.15, 0.2) is 6.10 Å². The van der Waals surface area contributed by atoms with Crippen molar-refractivity contribution in [2.45, 2.75) is 38.3 Å². The van der Waals surface area contributed by atoms with Crippen molar-refractivity contribution in [2.75, 3.05) is 26.7 Å². The average molecular weight is 461 g/mol. The fraction of sp³-hybridized carbons (Fsp3) is 0.435. The lowest BCUT2D eigenvalue weighted by atomic mass is 10.0. The SMILES string of the molecule is COc1ccc([C@H](CNC(=O)[C@H](C)Oc2ccc(Br)cc2)N2CCCCC2)cc1. The quantitative estimate of drug-likeness (QED) is 0.626. The van der Waals surface area contributed by atoms with Crippen molar-refractivity contribution in [1.29, 1.82) is 0 Å². The van der Waals surface area contributed by atoms with E-state index in [2.05, 4.69) is 38.3 Å². The van der Waals surface area contributed by atoms with E-state index in [1.807, 2.05) is 36.4 Å². The second kappa shape index (κ2) is 10.6. The van der Waals surface area contributed by atoms with Crippen molar-refractivity contribution in [3.63, 3.8) is 0 Å². The number of benzene rings is 2. The van der Waals surface area contributed by atoms with Crippen LogP contribution in [0, 0.1) is 0 Å². The van der Waals surface area contributed by atoms with Gasteiger partial charge < -0.3 is 14.8 Å². The lowest BCUT2D eigenvalue weighted by Crippen LogP contribution is -2.43. The zero-order valence-corrected chi connectivity index (χ0v) is 18.7. The summed E-state index contributed by atoms with van der Waals surface area (Å²) in [5, 5.41) is 3.09. The van der Waals surface area contributed by atoms with E-state index < -0.39 is 6.10 Å². The van der Waals surface area contributed by atoms with Crippen LogP contribution in [0.1, 0.15) is 37.8 Å². The summed E-state index contributed by atoms with van der Waals surface area (Å²) in [4.78, 5) is 15.1. The third kappa shape index (κ3) is 6.21. The molecule has 0 saturated carbocycles. The molecule has 0 spiro atoms. The molecular formula is C23H29BrN2O3. The monoisotopic (exact) mass is 460 g/mol. The zero-order valence-electron chi connectivity index (χ0n) is 17.1. The molecule has 0 bridgehead atoms. The molecule has 1 fully saturated rings. The van der Waals surface area contributed by atoms with Gasteiger partial charge in [-0.1, -0.05) is 34.5 Å². The Morgan fingerprint density at radius 1 is 1.03 bits per heavy atom. The Balaban J connectivity index is 1.63. The van der Waals surface area contributed by atoms with E-state index in [9.17, 15) is 4.79 Å². The van der Waals surface area contributed by atoms with E-state index in [0.29, 0.717) is 12.3 Å². The number of hydrogen-bond donors (Lipinski definition) is 1. The zero-order chi connectivity index (χ0) is 20.6. The molecule has 2 atom stereocenters. The largest absolute Gasteiger partial charge is 0.497 e. The van der Waals surface area contributed by atoms with Crippen LogP contribution < -0.4 is 14.8 Å². The van der Waals surface area contributed by atoms with E-state index in [1.165, 1.54) is 24.8 Å². The number of ether oxygens (including phenoxy) is 2. The van der Waals surface area contributed by atoms with Gasteiger partial charge in [0.1, 0.15) is 11.5 Å². The highest BCUT2D eigenvalue weighted by Gasteiger charge is 2.24. The molecule has 3 rings (SSSR count). The van der Waals surface area contributed by atoms with Crippen molar-refractivity contribution in [3.8, 4) is 11.5 Å². The van der Waals surface area contributed by atoms with E-state index in [4.69, 9.17) is 9.47 Å². The first-order valence-electron chi connectivity index (χ1n) is 10.1. The minimum atomic E-state index is -0.561. The summed E-state index contributed by atoms with van der Waals surface area (Å²) in [6, 6.07) is 15.8. The summed E-state index contributed by atoms with van der Waals surface area (Å²) in [6.45, 7) is 4.44. The number of piperidine rings is 1. The van der Waals surface area contributed by atoms with Crippen LogP contribution in [0.15, 0.2) is 53.0 Å². The van der Waals surface area contributed by atoms with Crippen LogP contribution in [0.4, 0.5) is 0 Å². The Bertz CT molecular complexity index is 774. The Kier molecular flexibility index (Phi) is 7.95. The lowest BCUT2D eigenvalue weighted by molar-refractivity contribution is -0.127. The van der Waals surface area contributed by atoms with Gasteiger partial charge in [-0.05, 0) is 74.8 Å². The van der Waals surface area contributed by atoms with Crippen molar-refractivity contribution in [2.24, 2.45) is 0 Å². The molecule has 29 heavy (non-hydrogen) atoms. The van der Waals surface area contributed by atoms with E-state index in [0.717, 1.165) is 23.3 Å². The number of hydrogen-bond acceptors (Lipinski definition) is 4. The molecule has 0 radical (unpaired) electrons. The number of nitrogens with one attached hydrogen (secondary N) is 1. The average Bonchev–Trinajstić information content (AvgIpc) is 2.76. The molecule has 2 aromatic rings. The van der Waals surface area contributed by atoms with Gasteiger partial charge in [-0.2, -0.15) is 0 Å². The van der Waals surface area contributed by atoms with Crippen LogP contribution in [-0.4, -0.2) is 43.7 Å². The minimum absolute atomic E-state index is 0.108. The Morgan fingerprint density at radius 2 is 1.66 bits per heavy atom. The van der Waals surface area contributed by atoms with E-state index in [1.54, 1.807) is 14.0 Å². The fourth-order valence-corrected chi connectivity index (χ4v) is 3.89. The van der Waals surface area contributed by atoms with Gasteiger partial charge in [0.05, 0.1) is 13.2 Å². The third-order valence-corrected chi connectivity index (χ3v) is 5.83. The van der Waals surface area contributed by atoms with Crippen LogP contribution in [0.25, 0.3) is 0 Å². The Hall–Kier alpha value is -2.05. The molecule has 0 aromatic heterocycles. The van der Waals surface area contributed by atoms with Gasteiger partial charge in [0, 0.05) is 11.0 Å². The van der Waals surface area contributed by atoms with Crippen LogP contribution in [0.2, 0.25) is 0 Å². The molecule has 1 saturated heterocycles. The molecule has 0 aliphatic carbocycles. The first-order chi connectivity index (χ1) is 14.1. The summed E-state index contributed by atoms with van der Waals surface area (Å²) in [6.07, 6.45) is 3.11. The smallest absolute Gasteiger partial charge is 0.260 e. The number of likely N-dealkylation sites (tertiary alicyclic amines) is 1. The van der Waals surface area contributed by atoms with Crippen LogP contribution in [-0.2, 0) is 4.79 Å². The molecule has 1 heterocycles. The lowest BCUT2D eigenvalue weighted by Gasteiger charge is -2.35. The molecule has 1 aliphatic heterocycles. The van der Waals surface area contributed by atoms with Crippen molar-refractivity contribution in [1.82, 2.24) is 10.2 Å². The van der Waals surface area contributed by atoms with Gasteiger partial charge in [-0.15, -0.1) is 0 Å². The van der Waals surface area contributed by atoms with E-state index in [-0.39, 0.29) is 11.9 Å². The summed E-state index contributed by atoms with van der Waals surface area (Å²) in [5.74, 6) is 1.41. The maximum absolute atomic E-state index is 12.6. The second-order valence-electron chi connectivity index (χ2n) is 7.34. The van der Waals surface area contributed by atoms with Gasteiger partial charge in [0.25, 0.3) is 5.91 Å². The summed E-state index contributed by atoms with van der Waals surface area (Å²) in [5.41, 5.74) is 1.19. The summed E-state index contributed by atoms with van der Waals surface area (Å²) < 4.78 is 12.0. The number of amides is 1. The highest BCUT2D eigenvalue weighted by Crippen LogP contribution is 2.26. The summed E-state index contributed by atoms with van der Waals surface area (Å²) >= 11 is 3.40. The van der Waals surface area contributed by atoms with Crippen molar-refractivity contribution >= 4 is 21.8 Å². The van der Waals surface area contributed by atoms with Gasteiger partial charge >= 0.3 is 0 Å². The minimum Gasteiger partial charge on any atom is -0.497 e. The molecule has 5 nitrogen and oxygen atoms in total. The molecular weight excluding hydrogens is 432 g/mol. The standard InChI is InChI=1S/C23H29BrN2O3/c1-17(29-21-12-8-19(24)9-13-21)23(27)25-16-22(26-14-4-3-5-15-26)18-6-10-20(28-2)11-7-18/h6-13,17,22H,3-5,14-16H2,1-2H3,(H,25,27)/t17-,22-/m0/s1. The molecule has 156 valence electrons. The summed E-state index contributed by atoms with van der Waals surface area (Å²) in [7, 11) is 1.67. The Morgan fingerprint density at radius 3 is 2.28 bits per heavy atom. The van der Waals surface area contributed by atoms with Gasteiger partial charge in [-0.3, -0.25) is 9.69 Å². The number of nitrogens with zero attached hydrogens (tertiary/aromatic N) is 1. The number of rotatable bonds is 8. The maximum atomic E-state index is 12.6. The van der Waals surface area contributed by atoms with Crippen LogP contribution in [0.5, 0.6) is 11.5 Å². The Labute approximate surface area is 181 Å².